The zero-order valence-corrected chi connectivity index (χ0v) is 12.1. The Bertz CT molecular complexity index is 460. The molecule has 0 aromatic heterocycles. The number of nitrogens with zero attached hydrogens (tertiary/aromatic N) is 1. The van der Waals surface area contributed by atoms with E-state index in [0.717, 1.165) is 37.5 Å². The highest BCUT2D eigenvalue weighted by atomic mass is 16.5. The number of benzene rings is 1. The minimum Gasteiger partial charge on any atom is -0.491 e. The standard InChI is InChI=1S/C16H22N2O2/c1-13(2)20-15-6-3-14(4-7-15)5-8-16(19)18-11-9-17-10-12-18/h3-8,13,17H,9-12H2,1-2H3. The summed E-state index contributed by atoms with van der Waals surface area (Å²) in [7, 11) is 0. The Labute approximate surface area is 120 Å². The summed E-state index contributed by atoms with van der Waals surface area (Å²) < 4.78 is 5.58. The van der Waals surface area contributed by atoms with Crippen molar-refractivity contribution in [3.05, 3.63) is 35.9 Å². The van der Waals surface area contributed by atoms with Gasteiger partial charge in [0.25, 0.3) is 0 Å². The quantitative estimate of drug-likeness (QED) is 0.853. The van der Waals surface area contributed by atoms with E-state index in [2.05, 4.69) is 5.32 Å². The summed E-state index contributed by atoms with van der Waals surface area (Å²) in [5.74, 6) is 0.930. The van der Waals surface area contributed by atoms with Gasteiger partial charge in [-0.25, -0.2) is 0 Å². The van der Waals surface area contributed by atoms with E-state index in [1.165, 1.54) is 0 Å². The van der Waals surface area contributed by atoms with Gasteiger partial charge in [0.1, 0.15) is 5.75 Å². The van der Waals surface area contributed by atoms with Crippen molar-refractivity contribution in [3.8, 4) is 5.75 Å². The van der Waals surface area contributed by atoms with E-state index in [-0.39, 0.29) is 12.0 Å². The first-order valence-corrected chi connectivity index (χ1v) is 7.09. The highest BCUT2D eigenvalue weighted by molar-refractivity contribution is 5.91. The molecule has 1 aliphatic heterocycles. The summed E-state index contributed by atoms with van der Waals surface area (Å²) in [6, 6.07) is 7.77. The lowest BCUT2D eigenvalue weighted by Gasteiger charge is -2.26. The Hall–Kier alpha value is -1.81. The molecular weight excluding hydrogens is 252 g/mol. The van der Waals surface area contributed by atoms with Gasteiger partial charge in [0.15, 0.2) is 0 Å². The normalized spacial score (nSPS) is 15.8. The maximum atomic E-state index is 12.0. The number of ether oxygens (including phenoxy) is 1. The third-order valence-corrected chi connectivity index (χ3v) is 3.10. The van der Waals surface area contributed by atoms with Crippen molar-refractivity contribution in [2.45, 2.75) is 20.0 Å². The Balaban J connectivity index is 1.91. The second-order valence-electron chi connectivity index (χ2n) is 5.14. The molecule has 1 N–H and O–H groups in total. The first kappa shape index (κ1) is 14.6. The summed E-state index contributed by atoms with van der Waals surface area (Å²) >= 11 is 0. The molecule has 4 heteroatoms. The topological polar surface area (TPSA) is 41.6 Å². The minimum atomic E-state index is 0.0778. The molecule has 1 aromatic carbocycles. The van der Waals surface area contributed by atoms with E-state index in [1.54, 1.807) is 6.08 Å². The maximum absolute atomic E-state index is 12.0. The molecule has 2 rings (SSSR count). The molecule has 0 radical (unpaired) electrons. The van der Waals surface area contributed by atoms with Gasteiger partial charge in [-0.05, 0) is 37.6 Å². The first-order valence-electron chi connectivity index (χ1n) is 7.09. The van der Waals surface area contributed by atoms with Crippen molar-refractivity contribution in [3.63, 3.8) is 0 Å². The number of hydrogen-bond donors (Lipinski definition) is 1. The van der Waals surface area contributed by atoms with Crippen LogP contribution in [0.1, 0.15) is 19.4 Å². The second-order valence-corrected chi connectivity index (χ2v) is 5.14. The molecular formula is C16H22N2O2. The van der Waals surface area contributed by atoms with Gasteiger partial charge < -0.3 is 15.0 Å². The SMILES string of the molecule is CC(C)Oc1ccc(C=CC(=O)N2CCNCC2)cc1. The van der Waals surface area contributed by atoms with E-state index in [9.17, 15) is 4.79 Å². The van der Waals surface area contributed by atoms with Crippen LogP contribution in [0.2, 0.25) is 0 Å². The molecule has 108 valence electrons. The smallest absolute Gasteiger partial charge is 0.246 e. The molecule has 0 unspecified atom stereocenters. The van der Waals surface area contributed by atoms with Crippen LogP contribution >= 0.6 is 0 Å². The van der Waals surface area contributed by atoms with Crippen molar-refractivity contribution in [2.24, 2.45) is 0 Å². The zero-order chi connectivity index (χ0) is 14.4. The highest BCUT2D eigenvalue weighted by Gasteiger charge is 2.12. The van der Waals surface area contributed by atoms with Gasteiger partial charge in [-0.2, -0.15) is 0 Å². The van der Waals surface area contributed by atoms with E-state index >= 15 is 0 Å². The molecule has 0 spiro atoms. The van der Waals surface area contributed by atoms with Crippen LogP contribution in [0.5, 0.6) is 5.75 Å². The number of piperazine rings is 1. The van der Waals surface area contributed by atoms with Crippen LogP contribution in [0.4, 0.5) is 0 Å². The predicted molar refractivity (Wildman–Crippen MR) is 80.7 cm³/mol. The van der Waals surface area contributed by atoms with Crippen LogP contribution in [-0.4, -0.2) is 43.1 Å². The lowest BCUT2D eigenvalue weighted by atomic mass is 10.2. The number of carbonyl (C=O) groups excluding carboxylic acids is 1. The van der Waals surface area contributed by atoms with Gasteiger partial charge in [0.05, 0.1) is 6.10 Å². The molecule has 0 aliphatic carbocycles. The Morgan fingerprint density at radius 1 is 1.25 bits per heavy atom. The monoisotopic (exact) mass is 274 g/mol. The lowest BCUT2D eigenvalue weighted by molar-refractivity contribution is -0.126. The lowest BCUT2D eigenvalue weighted by Crippen LogP contribution is -2.45. The van der Waals surface area contributed by atoms with Crippen molar-refractivity contribution in [1.29, 1.82) is 0 Å². The third-order valence-electron chi connectivity index (χ3n) is 3.10. The van der Waals surface area contributed by atoms with Crippen LogP contribution in [0.3, 0.4) is 0 Å². The van der Waals surface area contributed by atoms with E-state index < -0.39 is 0 Å². The molecule has 20 heavy (non-hydrogen) atoms. The number of carbonyl (C=O) groups is 1. The van der Waals surface area contributed by atoms with Gasteiger partial charge in [-0.15, -0.1) is 0 Å². The first-order chi connectivity index (χ1) is 9.65. The number of rotatable bonds is 4. The van der Waals surface area contributed by atoms with E-state index in [0.29, 0.717) is 0 Å². The molecule has 0 bridgehead atoms. The fraction of sp³-hybridized carbons (Fsp3) is 0.438. The van der Waals surface area contributed by atoms with E-state index in [1.807, 2.05) is 49.1 Å². The van der Waals surface area contributed by atoms with Gasteiger partial charge in [-0.1, -0.05) is 12.1 Å². The molecule has 1 fully saturated rings. The van der Waals surface area contributed by atoms with Gasteiger partial charge in [0, 0.05) is 32.3 Å². The van der Waals surface area contributed by atoms with Crippen LogP contribution < -0.4 is 10.1 Å². The van der Waals surface area contributed by atoms with Crippen molar-refractivity contribution < 1.29 is 9.53 Å². The fourth-order valence-corrected chi connectivity index (χ4v) is 2.09. The fourth-order valence-electron chi connectivity index (χ4n) is 2.09. The summed E-state index contributed by atoms with van der Waals surface area (Å²) in [4.78, 5) is 13.8. The summed E-state index contributed by atoms with van der Waals surface area (Å²) in [6.07, 6.45) is 3.67. The average molecular weight is 274 g/mol. The molecule has 4 nitrogen and oxygen atoms in total. The number of nitrogens with one attached hydrogen (secondary N) is 1. The number of amides is 1. The minimum absolute atomic E-state index is 0.0778. The van der Waals surface area contributed by atoms with Crippen molar-refractivity contribution in [1.82, 2.24) is 10.2 Å². The summed E-state index contributed by atoms with van der Waals surface area (Å²) in [5, 5.41) is 3.23. The van der Waals surface area contributed by atoms with Crippen LogP contribution in [-0.2, 0) is 4.79 Å². The molecule has 1 saturated heterocycles. The Kier molecular flexibility index (Phi) is 5.18. The van der Waals surface area contributed by atoms with Crippen molar-refractivity contribution in [2.75, 3.05) is 26.2 Å². The Morgan fingerprint density at radius 2 is 1.90 bits per heavy atom. The Morgan fingerprint density at radius 3 is 2.50 bits per heavy atom. The van der Waals surface area contributed by atoms with Crippen LogP contribution in [0, 0.1) is 0 Å². The third kappa shape index (κ3) is 4.38. The highest BCUT2D eigenvalue weighted by Crippen LogP contribution is 2.14. The van der Waals surface area contributed by atoms with Crippen LogP contribution in [0.15, 0.2) is 30.3 Å². The van der Waals surface area contributed by atoms with Gasteiger partial charge in [-0.3, -0.25) is 4.79 Å². The van der Waals surface area contributed by atoms with Crippen LogP contribution in [0.25, 0.3) is 6.08 Å². The summed E-state index contributed by atoms with van der Waals surface area (Å²) in [5.41, 5.74) is 1.00. The predicted octanol–water partition coefficient (Wildman–Crippen LogP) is 1.92. The number of hydrogen-bond acceptors (Lipinski definition) is 3. The average Bonchev–Trinajstić information content (AvgIpc) is 2.46. The molecule has 1 aromatic rings. The molecule has 0 saturated carbocycles. The largest absolute Gasteiger partial charge is 0.491 e. The maximum Gasteiger partial charge on any atom is 0.246 e. The van der Waals surface area contributed by atoms with Gasteiger partial charge >= 0.3 is 0 Å². The summed E-state index contributed by atoms with van der Waals surface area (Å²) in [6.45, 7) is 7.32. The second kappa shape index (κ2) is 7.10. The van der Waals surface area contributed by atoms with Crippen molar-refractivity contribution >= 4 is 12.0 Å². The molecule has 1 heterocycles. The molecule has 0 atom stereocenters. The zero-order valence-electron chi connectivity index (χ0n) is 12.1. The van der Waals surface area contributed by atoms with Gasteiger partial charge in [0.2, 0.25) is 5.91 Å². The molecule has 1 aliphatic rings. The molecule has 1 amide bonds. The van der Waals surface area contributed by atoms with E-state index in [4.69, 9.17) is 4.74 Å².